The largest absolute Gasteiger partial charge is 0.384 e. The van der Waals surface area contributed by atoms with Gasteiger partial charge in [-0.15, -0.1) is 0 Å². The Morgan fingerprint density at radius 3 is 2.65 bits per heavy atom. The Kier molecular flexibility index (Phi) is 5.43. The molecule has 1 aliphatic carbocycles. The predicted octanol–water partition coefficient (Wildman–Crippen LogP) is 2.98. The van der Waals surface area contributed by atoms with Crippen LogP contribution in [0.2, 0.25) is 0 Å². The first-order valence-electron chi connectivity index (χ1n) is 7.46. The lowest BCUT2D eigenvalue weighted by Crippen LogP contribution is -2.25. The van der Waals surface area contributed by atoms with Crippen molar-refractivity contribution in [1.82, 2.24) is 4.72 Å². The second-order valence-electron chi connectivity index (χ2n) is 5.41. The van der Waals surface area contributed by atoms with Crippen molar-refractivity contribution in [1.29, 1.82) is 0 Å². The zero-order valence-corrected chi connectivity index (χ0v) is 12.9. The fraction of sp³-hybridized carbons (Fsp3) is 0.600. The van der Waals surface area contributed by atoms with E-state index in [1.54, 1.807) is 12.1 Å². The summed E-state index contributed by atoms with van der Waals surface area (Å²) in [7, 11) is -3.41. The quantitative estimate of drug-likeness (QED) is 0.689. The summed E-state index contributed by atoms with van der Waals surface area (Å²) >= 11 is 0. The highest BCUT2D eigenvalue weighted by molar-refractivity contribution is 7.89. The molecule has 0 atom stereocenters. The number of anilines is 1. The molecule has 112 valence electrons. The van der Waals surface area contributed by atoms with Gasteiger partial charge < -0.3 is 5.32 Å². The van der Waals surface area contributed by atoms with E-state index in [2.05, 4.69) is 10.0 Å². The van der Waals surface area contributed by atoms with Crippen LogP contribution in [0.5, 0.6) is 0 Å². The summed E-state index contributed by atoms with van der Waals surface area (Å²) in [6, 6.07) is 7.11. The van der Waals surface area contributed by atoms with Gasteiger partial charge in [-0.05, 0) is 37.3 Å². The van der Waals surface area contributed by atoms with E-state index < -0.39 is 10.0 Å². The summed E-state index contributed by atoms with van der Waals surface area (Å²) in [6.45, 7) is 3.25. The number of sulfonamides is 1. The monoisotopic (exact) mass is 296 g/mol. The molecule has 0 amide bonds. The average Bonchev–Trinajstić information content (AvgIpc) is 3.26. The molecular formula is C15H24N2O2S. The SMILES string of the molecule is CCCNS(=O)(=O)c1ccccc1NCCCC1CC1. The molecule has 2 N–H and O–H groups in total. The molecule has 0 heterocycles. The molecule has 1 fully saturated rings. The van der Waals surface area contributed by atoms with Crippen molar-refractivity contribution in [3.8, 4) is 0 Å². The Morgan fingerprint density at radius 2 is 1.95 bits per heavy atom. The molecule has 0 aliphatic heterocycles. The smallest absolute Gasteiger partial charge is 0.242 e. The summed E-state index contributed by atoms with van der Waals surface area (Å²) < 4.78 is 27.0. The molecule has 1 saturated carbocycles. The van der Waals surface area contributed by atoms with Crippen LogP contribution < -0.4 is 10.0 Å². The molecule has 1 aromatic carbocycles. The number of hydrogen-bond donors (Lipinski definition) is 2. The van der Waals surface area contributed by atoms with Crippen LogP contribution in [0.4, 0.5) is 5.69 Å². The Balaban J connectivity index is 1.97. The molecule has 5 heteroatoms. The Morgan fingerprint density at radius 1 is 1.20 bits per heavy atom. The molecule has 2 rings (SSSR count). The van der Waals surface area contributed by atoms with Crippen LogP contribution in [0.15, 0.2) is 29.2 Å². The maximum Gasteiger partial charge on any atom is 0.242 e. The zero-order chi connectivity index (χ0) is 14.4. The average molecular weight is 296 g/mol. The fourth-order valence-electron chi connectivity index (χ4n) is 2.18. The normalized spacial score (nSPS) is 15.2. The van der Waals surface area contributed by atoms with Crippen LogP contribution in [-0.2, 0) is 10.0 Å². The minimum atomic E-state index is -3.41. The number of rotatable bonds is 9. The van der Waals surface area contributed by atoms with E-state index in [9.17, 15) is 8.42 Å². The minimum Gasteiger partial charge on any atom is -0.384 e. The molecule has 0 saturated heterocycles. The van der Waals surface area contributed by atoms with Crippen LogP contribution >= 0.6 is 0 Å². The lowest BCUT2D eigenvalue weighted by molar-refractivity contribution is 0.581. The van der Waals surface area contributed by atoms with E-state index in [0.29, 0.717) is 17.1 Å². The first-order valence-corrected chi connectivity index (χ1v) is 8.94. The third kappa shape index (κ3) is 4.49. The highest BCUT2D eigenvalue weighted by atomic mass is 32.2. The predicted molar refractivity (Wildman–Crippen MR) is 82.4 cm³/mol. The first kappa shape index (κ1) is 15.3. The Bertz CT molecular complexity index is 524. The van der Waals surface area contributed by atoms with Crippen LogP contribution in [0.1, 0.15) is 39.0 Å². The summed E-state index contributed by atoms with van der Waals surface area (Å²) in [5.41, 5.74) is 0.701. The lowest BCUT2D eigenvalue weighted by atomic mass is 10.2. The third-order valence-corrected chi connectivity index (χ3v) is 5.04. The van der Waals surface area contributed by atoms with Crippen molar-refractivity contribution in [2.75, 3.05) is 18.4 Å². The van der Waals surface area contributed by atoms with Gasteiger partial charge in [0.1, 0.15) is 4.90 Å². The molecule has 0 radical (unpaired) electrons. The highest BCUT2D eigenvalue weighted by Crippen LogP contribution is 2.33. The van der Waals surface area contributed by atoms with Gasteiger partial charge in [0.2, 0.25) is 10.0 Å². The standard InChI is InChI=1S/C15H24N2O2S/c1-2-11-17-20(18,19)15-8-4-3-7-14(15)16-12-5-6-13-9-10-13/h3-4,7-8,13,16-17H,2,5-6,9-12H2,1H3. The van der Waals surface area contributed by atoms with Gasteiger partial charge >= 0.3 is 0 Å². The topological polar surface area (TPSA) is 58.2 Å². The van der Waals surface area contributed by atoms with Gasteiger partial charge in [0.25, 0.3) is 0 Å². The van der Waals surface area contributed by atoms with Crippen LogP contribution in [0.25, 0.3) is 0 Å². The van der Waals surface area contributed by atoms with Gasteiger partial charge in [0.15, 0.2) is 0 Å². The summed E-state index contributed by atoms with van der Waals surface area (Å²) in [4.78, 5) is 0.347. The van der Waals surface area contributed by atoms with Crippen LogP contribution in [-0.4, -0.2) is 21.5 Å². The van der Waals surface area contributed by atoms with Gasteiger partial charge in [-0.3, -0.25) is 0 Å². The van der Waals surface area contributed by atoms with Crippen LogP contribution in [0, 0.1) is 5.92 Å². The van der Waals surface area contributed by atoms with E-state index in [0.717, 1.165) is 25.3 Å². The highest BCUT2D eigenvalue weighted by Gasteiger charge is 2.20. The Hall–Kier alpha value is -1.07. The molecule has 0 unspecified atom stereocenters. The number of benzene rings is 1. The molecule has 4 nitrogen and oxygen atoms in total. The zero-order valence-electron chi connectivity index (χ0n) is 12.1. The lowest BCUT2D eigenvalue weighted by Gasteiger charge is -2.13. The number of para-hydroxylation sites is 1. The minimum absolute atomic E-state index is 0.347. The van der Waals surface area contributed by atoms with Gasteiger partial charge in [-0.1, -0.05) is 31.9 Å². The Labute approximate surface area is 122 Å². The summed E-state index contributed by atoms with van der Waals surface area (Å²) in [5.74, 6) is 0.919. The summed E-state index contributed by atoms with van der Waals surface area (Å²) in [6.07, 6.45) is 5.87. The van der Waals surface area contributed by atoms with E-state index >= 15 is 0 Å². The second-order valence-corrected chi connectivity index (χ2v) is 7.14. The molecule has 0 bridgehead atoms. The van der Waals surface area contributed by atoms with Gasteiger partial charge in [0, 0.05) is 13.1 Å². The third-order valence-electron chi connectivity index (χ3n) is 3.52. The molecule has 0 aromatic heterocycles. The first-order chi connectivity index (χ1) is 9.63. The molecule has 1 aliphatic rings. The molecule has 1 aromatic rings. The number of hydrogen-bond acceptors (Lipinski definition) is 3. The van der Waals surface area contributed by atoms with E-state index in [-0.39, 0.29) is 0 Å². The summed E-state index contributed by atoms with van der Waals surface area (Å²) in [5, 5.41) is 3.26. The van der Waals surface area contributed by atoms with Crippen molar-refractivity contribution < 1.29 is 8.42 Å². The van der Waals surface area contributed by atoms with Crippen molar-refractivity contribution in [3.63, 3.8) is 0 Å². The molecule has 0 spiro atoms. The maximum absolute atomic E-state index is 12.2. The fourth-order valence-corrected chi connectivity index (χ4v) is 3.50. The van der Waals surface area contributed by atoms with E-state index in [1.165, 1.54) is 19.3 Å². The maximum atomic E-state index is 12.2. The van der Waals surface area contributed by atoms with E-state index in [1.807, 2.05) is 19.1 Å². The molecular weight excluding hydrogens is 272 g/mol. The van der Waals surface area contributed by atoms with Crippen molar-refractivity contribution in [3.05, 3.63) is 24.3 Å². The van der Waals surface area contributed by atoms with Gasteiger partial charge in [-0.25, -0.2) is 13.1 Å². The molecule has 20 heavy (non-hydrogen) atoms. The number of nitrogens with one attached hydrogen (secondary N) is 2. The van der Waals surface area contributed by atoms with Crippen molar-refractivity contribution in [2.24, 2.45) is 5.92 Å². The van der Waals surface area contributed by atoms with Gasteiger partial charge in [-0.2, -0.15) is 0 Å². The van der Waals surface area contributed by atoms with Crippen molar-refractivity contribution in [2.45, 2.75) is 43.9 Å². The van der Waals surface area contributed by atoms with Crippen molar-refractivity contribution >= 4 is 15.7 Å². The second kappa shape index (κ2) is 7.09. The van der Waals surface area contributed by atoms with Gasteiger partial charge in [0.05, 0.1) is 5.69 Å². The van der Waals surface area contributed by atoms with E-state index in [4.69, 9.17) is 0 Å². The van der Waals surface area contributed by atoms with Crippen LogP contribution in [0.3, 0.4) is 0 Å².